The Morgan fingerprint density at radius 1 is 1.07 bits per heavy atom. The van der Waals surface area contributed by atoms with Gasteiger partial charge in [0.25, 0.3) is 5.91 Å². The van der Waals surface area contributed by atoms with Gasteiger partial charge in [-0.15, -0.1) is 11.3 Å². The molecule has 0 aliphatic rings. The lowest BCUT2D eigenvalue weighted by Gasteiger charge is -2.11. The summed E-state index contributed by atoms with van der Waals surface area (Å²) >= 11 is 1.36. The van der Waals surface area contributed by atoms with Crippen LogP contribution in [-0.2, 0) is 11.3 Å². The molecule has 0 aliphatic carbocycles. The number of ether oxygens (including phenoxy) is 1. The predicted octanol–water partition coefficient (Wildman–Crippen LogP) is 3.42. The van der Waals surface area contributed by atoms with Gasteiger partial charge in [-0.1, -0.05) is 24.3 Å². The van der Waals surface area contributed by atoms with Crippen molar-refractivity contribution < 1.29 is 14.3 Å². The van der Waals surface area contributed by atoms with Crippen LogP contribution in [0.5, 0.6) is 0 Å². The number of amidine groups is 1. The lowest BCUT2D eigenvalue weighted by Crippen LogP contribution is -2.22. The Morgan fingerprint density at radius 2 is 1.86 bits per heavy atom. The highest BCUT2D eigenvalue weighted by Crippen LogP contribution is 2.24. The number of carbonyl (C=O) groups is 2. The molecule has 0 spiro atoms. The molecule has 6 nitrogen and oxygen atoms in total. The van der Waals surface area contributed by atoms with Gasteiger partial charge in [-0.3, -0.25) is 10.2 Å². The van der Waals surface area contributed by atoms with Crippen LogP contribution in [0.1, 0.15) is 31.2 Å². The minimum atomic E-state index is -0.463. The second-order valence-electron chi connectivity index (χ2n) is 6.06. The van der Waals surface area contributed by atoms with Crippen molar-refractivity contribution in [3.63, 3.8) is 0 Å². The van der Waals surface area contributed by atoms with Gasteiger partial charge in [0.05, 0.1) is 17.6 Å². The molecule has 3 rings (SSSR count). The molecular formula is C21H19N3O3S. The number of carbonyl (C=O) groups excluding carboxylic acids is 2. The number of rotatable bonds is 6. The normalized spacial score (nSPS) is 10.3. The molecule has 1 aromatic heterocycles. The van der Waals surface area contributed by atoms with E-state index in [1.807, 2.05) is 23.6 Å². The zero-order chi connectivity index (χ0) is 20.1. The van der Waals surface area contributed by atoms with E-state index in [2.05, 4.69) is 5.32 Å². The van der Waals surface area contributed by atoms with Crippen molar-refractivity contribution in [1.82, 2.24) is 5.32 Å². The Kier molecular flexibility index (Phi) is 5.86. The Hall–Kier alpha value is -3.45. The summed E-state index contributed by atoms with van der Waals surface area (Å²) < 4.78 is 4.85. The molecule has 1 heterocycles. The largest absolute Gasteiger partial charge is 0.465 e. The first kappa shape index (κ1) is 19.3. The molecule has 28 heavy (non-hydrogen) atoms. The molecule has 142 valence electrons. The Labute approximate surface area is 166 Å². The number of nitrogens with one attached hydrogen (secondary N) is 2. The van der Waals surface area contributed by atoms with Crippen LogP contribution in [0.15, 0.2) is 60.0 Å². The fourth-order valence-electron chi connectivity index (χ4n) is 2.74. The number of amides is 1. The van der Waals surface area contributed by atoms with Gasteiger partial charge < -0.3 is 15.8 Å². The van der Waals surface area contributed by atoms with E-state index < -0.39 is 5.97 Å². The van der Waals surface area contributed by atoms with Crippen molar-refractivity contribution in [2.24, 2.45) is 5.73 Å². The summed E-state index contributed by atoms with van der Waals surface area (Å²) in [6.45, 7) is 0.265. The fraction of sp³-hybridized carbons (Fsp3) is 0.0952. The standard InChI is InChI=1S/C21H19N3O3S/c1-27-21(26)17-9-13(12-24-20(25)18-6-3-7-28-18)8-16(11-17)14-4-2-5-15(10-14)19(22)23/h2-11H,12H2,1H3,(H3,22,23)(H,24,25). The molecule has 1 amide bonds. The van der Waals surface area contributed by atoms with Crippen molar-refractivity contribution in [3.05, 3.63) is 81.5 Å². The SMILES string of the molecule is COC(=O)c1cc(CNC(=O)c2cccs2)cc(-c2cccc(C(=N)N)c2)c1. The Balaban J connectivity index is 1.93. The van der Waals surface area contributed by atoms with Crippen LogP contribution in [0.25, 0.3) is 11.1 Å². The van der Waals surface area contributed by atoms with E-state index in [1.165, 1.54) is 18.4 Å². The van der Waals surface area contributed by atoms with Crippen molar-refractivity contribution in [1.29, 1.82) is 5.41 Å². The van der Waals surface area contributed by atoms with Gasteiger partial charge in [-0.2, -0.15) is 0 Å². The van der Waals surface area contributed by atoms with Gasteiger partial charge in [0, 0.05) is 12.1 Å². The van der Waals surface area contributed by atoms with E-state index in [4.69, 9.17) is 15.9 Å². The number of hydrogen-bond acceptors (Lipinski definition) is 5. The van der Waals surface area contributed by atoms with Gasteiger partial charge in [0.2, 0.25) is 0 Å². The molecule has 0 atom stereocenters. The zero-order valence-corrected chi connectivity index (χ0v) is 16.0. The number of nitrogen functional groups attached to an aromatic ring is 1. The van der Waals surface area contributed by atoms with Crippen LogP contribution >= 0.6 is 11.3 Å². The number of methoxy groups -OCH3 is 1. The topological polar surface area (TPSA) is 105 Å². The molecule has 0 saturated heterocycles. The highest BCUT2D eigenvalue weighted by Gasteiger charge is 2.12. The van der Waals surface area contributed by atoms with Crippen molar-refractivity contribution in [3.8, 4) is 11.1 Å². The Bertz CT molecular complexity index is 1030. The summed E-state index contributed by atoms with van der Waals surface area (Å²) in [4.78, 5) is 24.9. The van der Waals surface area contributed by atoms with Crippen molar-refractivity contribution >= 4 is 29.0 Å². The molecule has 0 saturated carbocycles. The second kappa shape index (κ2) is 8.49. The minimum absolute atomic E-state index is 0.0330. The monoisotopic (exact) mass is 393 g/mol. The number of hydrogen-bond donors (Lipinski definition) is 3. The number of nitrogens with two attached hydrogens (primary N) is 1. The fourth-order valence-corrected chi connectivity index (χ4v) is 3.38. The summed E-state index contributed by atoms with van der Waals surface area (Å²) in [5, 5.41) is 12.3. The van der Waals surface area contributed by atoms with E-state index >= 15 is 0 Å². The molecular weight excluding hydrogens is 374 g/mol. The first-order chi connectivity index (χ1) is 13.5. The third kappa shape index (κ3) is 4.44. The minimum Gasteiger partial charge on any atom is -0.465 e. The second-order valence-corrected chi connectivity index (χ2v) is 7.01. The molecule has 7 heteroatoms. The van der Waals surface area contributed by atoms with Crippen LogP contribution in [0.2, 0.25) is 0 Å². The van der Waals surface area contributed by atoms with Gasteiger partial charge in [0.1, 0.15) is 5.84 Å². The van der Waals surface area contributed by atoms with Crippen LogP contribution < -0.4 is 11.1 Å². The molecule has 3 aromatic rings. The number of esters is 1. The van der Waals surface area contributed by atoms with Gasteiger partial charge in [0.15, 0.2) is 0 Å². The first-order valence-corrected chi connectivity index (χ1v) is 9.34. The maximum absolute atomic E-state index is 12.2. The lowest BCUT2D eigenvalue weighted by molar-refractivity contribution is 0.0600. The van der Waals surface area contributed by atoms with E-state index in [9.17, 15) is 9.59 Å². The molecule has 4 N–H and O–H groups in total. The summed E-state index contributed by atoms with van der Waals surface area (Å²) in [6.07, 6.45) is 0. The van der Waals surface area contributed by atoms with Gasteiger partial charge >= 0.3 is 5.97 Å². The molecule has 2 aromatic carbocycles. The van der Waals surface area contributed by atoms with Crippen LogP contribution in [0, 0.1) is 5.41 Å². The maximum atomic E-state index is 12.2. The summed E-state index contributed by atoms with van der Waals surface area (Å²) in [5.74, 6) is -0.664. The van der Waals surface area contributed by atoms with Crippen LogP contribution in [0.4, 0.5) is 0 Å². The number of benzene rings is 2. The highest BCUT2D eigenvalue weighted by atomic mass is 32.1. The first-order valence-electron chi connectivity index (χ1n) is 8.46. The van der Waals surface area contributed by atoms with E-state index in [1.54, 1.807) is 36.4 Å². The van der Waals surface area contributed by atoms with Gasteiger partial charge in [-0.05, 0) is 52.4 Å². The summed E-state index contributed by atoms with van der Waals surface area (Å²) in [7, 11) is 1.32. The quantitative estimate of drug-likeness (QED) is 0.339. The van der Waals surface area contributed by atoms with E-state index in [0.717, 1.165) is 16.7 Å². The molecule has 0 radical (unpaired) electrons. The van der Waals surface area contributed by atoms with Crippen molar-refractivity contribution in [2.45, 2.75) is 6.54 Å². The average molecular weight is 393 g/mol. The number of thiophene rings is 1. The zero-order valence-electron chi connectivity index (χ0n) is 15.2. The summed E-state index contributed by atoms with van der Waals surface area (Å²) in [5.41, 5.74) is 8.89. The molecule has 0 bridgehead atoms. The van der Waals surface area contributed by atoms with E-state index in [0.29, 0.717) is 16.0 Å². The third-order valence-corrected chi connectivity index (χ3v) is 4.99. The third-order valence-electron chi connectivity index (χ3n) is 4.12. The van der Waals surface area contributed by atoms with Crippen LogP contribution in [0.3, 0.4) is 0 Å². The molecule has 0 aliphatic heterocycles. The summed E-state index contributed by atoms with van der Waals surface area (Å²) in [6, 6.07) is 16.1. The predicted molar refractivity (Wildman–Crippen MR) is 110 cm³/mol. The van der Waals surface area contributed by atoms with E-state index in [-0.39, 0.29) is 18.3 Å². The average Bonchev–Trinajstić information content (AvgIpc) is 3.26. The van der Waals surface area contributed by atoms with Crippen LogP contribution in [-0.4, -0.2) is 24.8 Å². The maximum Gasteiger partial charge on any atom is 0.337 e. The molecule has 0 fully saturated rings. The molecule has 0 unspecified atom stereocenters. The smallest absolute Gasteiger partial charge is 0.337 e. The van der Waals surface area contributed by atoms with Crippen molar-refractivity contribution in [2.75, 3.05) is 7.11 Å². The highest BCUT2D eigenvalue weighted by molar-refractivity contribution is 7.12. The Morgan fingerprint density at radius 3 is 2.54 bits per heavy atom. The van der Waals surface area contributed by atoms with Gasteiger partial charge in [-0.25, -0.2) is 4.79 Å². The lowest BCUT2D eigenvalue weighted by atomic mass is 9.98.